The summed E-state index contributed by atoms with van der Waals surface area (Å²) >= 11 is 0. The number of anilines is 2. The molecule has 5 N–H and O–H groups in total. The van der Waals surface area contributed by atoms with Gasteiger partial charge in [0.05, 0.1) is 12.5 Å². The molecule has 1 aromatic carbocycles. The predicted octanol–water partition coefficient (Wildman–Crippen LogP) is 2.75. The van der Waals surface area contributed by atoms with Gasteiger partial charge in [-0.2, -0.15) is 0 Å². The number of fused-ring (bicyclic) bond motifs is 1. The number of hydrogen-bond donors (Lipinski definition) is 4. The predicted molar refractivity (Wildman–Crippen MR) is 160 cm³/mol. The molecule has 3 aromatic rings. The molecule has 1 aliphatic heterocycles. The molecule has 0 aliphatic carbocycles. The number of amides is 1. The summed E-state index contributed by atoms with van der Waals surface area (Å²) in [4.78, 5) is 51.0. The van der Waals surface area contributed by atoms with E-state index >= 15 is 0 Å². The van der Waals surface area contributed by atoms with Crippen molar-refractivity contribution in [3.05, 3.63) is 42.5 Å². The van der Waals surface area contributed by atoms with E-state index in [1.807, 2.05) is 12.1 Å². The Morgan fingerprint density at radius 2 is 1.93 bits per heavy atom. The molecule has 1 fully saturated rings. The van der Waals surface area contributed by atoms with Gasteiger partial charge in [0.1, 0.15) is 30.3 Å². The molecule has 1 amide bonds. The fourth-order valence-corrected chi connectivity index (χ4v) is 5.30. The molecule has 43 heavy (non-hydrogen) atoms. The topological polar surface area (TPSA) is 200 Å². The van der Waals surface area contributed by atoms with Crippen molar-refractivity contribution in [3.8, 4) is 0 Å². The van der Waals surface area contributed by atoms with Crippen LogP contribution in [0.4, 0.5) is 11.5 Å². The molecule has 0 radical (unpaired) electrons. The lowest BCUT2D eigenvalue weighted by Crippen LogP contribution is -2.39. The van der Waals surface area contributed by atoms with Gasteiger partial charge in [-0.15, -0.1) is 0 Å². The number of rotatable bonds is 16. The second-order valence-corrected chi connectivity index (χ2v) is 11.4. The van der Waals surface area contributed by atoms with Gasteiger partial charge in [0.25, 0.3) is 5.91 Å². The smallest absolute Gasteiger partial charge is 0.386 e. The molecule has 4 rings (SSSR count). The van der Waals surface area contributed by atoms with E-state index in [0.717, 1.165) is 50.0 Å². The average Bonchev–Trinajstić information content (AvgIpc) is 3.58. The van der Waals surface area contributed by atoms with E-state index in [9.17, 15) is 19.1 Å². The number of ether oxygens (including phenoxy) is 1. The minimum absolute atomic E-state index is 0.0650. The number of nitrogen functional groups attached to an aromatic ring is 1. The van der Waals surface area contributed by atoms with E-state index in [1.54, 1.807) is 4.57 Å². The number of nitrogens with zero attached hydrogens (tertiary/aromatic N) is 6. The number of unbranched alkanes of at least 4 members (excludes halogenated alkanes) is 2. The summed E-state index contributed by atoms with van der Waals surface area (Å²) in [6.45, 7) is 5.96. The molecule has 0 spiro atoms. The highest BCUT2D eigenvalue weighted by Crippen LogP contribution is 2.44. The van der Waals surface area contributed by atoms with Crippen molar-refractivity contribution in [2.45, 2.75) is 64.4 Å². The molecular formula is C27H39N8O7P. The fourth-order valence-electron chi connectivity index (χ4n) is 4.72. The first-order valence-corrected chi connectivity index (χ1v) is 15.8. The monoisotopic (exact) mass is 618 g/mol. The Balaban J connectivity index is 1.28. The zero-order valence-electron chi connectivity index (χ0n) is 24.3. The lowest BCUT2D eigenvalue weighted by Gasteiger charge is -2.24. The minimum atomic E-state index is -4.84. The van der Waals surface area contributed by atoms with Crippen LogP contribution in [0.5, 0.6) is 0 Å². The normalized spacial score (nSPS) is 18.8. The van der Waals surface area contributed by atoms with Crippen LogP contribution in [-0.2, 0) is 23.5 Å². The molecule has 0 saturated carbocycles. The Kier molecular flexibility index (Phi) is 11.4. The fraction of sp³-hybridized carbons (Fsp3) is 0.519. The van der Waals surface area contributed by atoms with Gasteiger partial charge in [0, 0.05) is 31.7 Å². The molecule has 15 nitrogen and oxygen atoms in total. The van der Waals surface area contributed by atoms with Crippen LogP contribution in [0.1, 0.15) is 57.7 Å². The summed E-state index contributed by atoms with van der Waals surface area (Å²) in [5.74, 6) is -0.310. The number of nitrogens with two attached hydrogens (primary N) is 1. The van der Waals surface area contributed by atoms with Gasteiger partial charge in [-0.3, -0.25) is 13.9 Å². The first-order valence-electron chi connectivity index (χ1n) is 14.3. The average molecular weight is 619 g/mol. The molecule has 0 unspecified atom stereocenters. The molecule has 3 heterocycles. The molecule has 234 valence electrons. The molecule has 1 saturated heterocycles. The summed E-state index contributed by atoms with van der Waals surface area (Å²) in [6, 6.07) is 8.01. The Morgan fingerprint density at radius 1 is 1.21 bits per heavy atom. The first kappa shape index (κ1) is 32.3. The van der Waals surface area contributed by atoms with Crippen LogP contribution < -0.4 is 16.0 Å². The number of nitrogens with one attached hydrogen (secondary N) is 1. The number of benzene rings is 1. The lowest BCUT2D eigenvalue weighted by molar-refractivity contribution is -0.126. The highest BCUT2D eigenvalue weighted by atomic mass is 31.2. The van der Waals surface area contributed by atoms with Crippen LogP contribution in [0.15, 0.2) is 42.1 Å². The van der Waals surface area contributed by atoms with Crippen LogP contribution in [-0.4, -0.2) is 79.9 Å². The first-order chi connectivity index (χ1) is 20.7. The van der Waals surface area contributed by atoms with E-state index in [2.05, 4.69) is 56.3 Å². The van der Waals surface area contributed by atoms with Gasteiger partial charge in [-0.25, -0.2) is 19.5 Å². The van der Waals surface area contributed by atoms with E-state index in [4.69, 9.17) is 19.8 Å². The summed E-state index contributed by atoms with van der Waals surface area (Å²) < 4.78 is 24.1. The molecule has 16 heteroatoms. The van der Waals surface area contributed by atoms with E-state index in [0.29, 0.717) is 11.2 Å². The van der Waals surface area contributed by atoms with Crippen LogP contribution >= 0.6 is 7.82 Å². The van der Waals surface area contributed by atoms with Crippen molar-refractivity contribution in [1.29, 1.82) is 0 Å². The van der Waals surface area contributed by atoms with Gasteiger partial charge in [0.15, 0.2) is 18.1 Å². The number of carbonyl (C=O) groups is 1. The molecule has 3 atom stereocenters. The van der Waals surface area contributed by atoms with Crippen LogP contribution in [0.3, 0.4) is 0 Å². The van der Waals surface area contributed by atoms with Crippen LogP contribution in [0.25, 0.3) is 11.2 Å². The number of phosphoric acid groups is 1. The summed E-state index contributed by atoms with van der Waals surface area (Å²) in [5, 5.41) is 6.52. The third-order valence-electron chi connectivity index (χ3n) is 6.94. The Morgan fingerprint density at radius 3 is 2.60 bits per heavy atom. The van der Waals surface area contributed by atoms with E-state index in [-0.39, 0.29) is 25.4 Å². The van der Waals surface area contributed by atoms with Crippen LogP contribution in [0, 0.1) is 0 Å². The zero-order chi connectivity index (χ0) is 30.8. The number of carbonyl (C=O) groups excluding carboxylic acids is 1. The second-order valence-electron chi connectivity index (χ2n) is 10.2. The minimum Gasteiger partial charge on any atom is -0.386 e. The number of imidazole rings is 1. The maximum absolute atomic E-state index is 12.4. The quantitative estimate of drug-likeness (QED) is 0.104. The van der Waals surface area contributed by atoms with Crippen molar-refractivity contribution in [2.75, 3.05) is 36.9 Å². The number of phosphoric ester groups is 1. The molecule has 2 aromatic heterocycles. The largest absolute Gasteiger partial charge is 0.469 e. The third-order valence-corrected chi connectivity index (χ3v) is 7.49. The van der Waals surface area contributed by atoms with Gasteiger partial charge in [-0.1, -0.05) is 44.0 Å². The molecular weight excluding hydrogens is 579 g/mol. The Hall–Kier alpha value is -3.62. The van der Waals surface area contributed by atoms with Crippen molar-refractivity contribution in [3.63, 3.8) is 0 Å². The summed E-state index contributed by atoms with van der Waals surface area (Å²) in [5.41, 5.74) is 8.60. The SMILES string of the molecule is CCCCN(CCCC)c1ccc(/C=N/OCC(=O)NC[C@H]2O[C@@H](n3cnc4c(N)ncnc43)C[C@@H]2OP(=O)(O)O)cc1. The summed E-state index contributed by atoms with van der Waals surface area (Å²) in [7, 11) is -4.84. The Bertz CT molecular complexity index is 1410. The second kappa shape index (κ2) is 15.2. The maximum atomic E-state index is 12.4. The van der Waals surface area contributed by atoms with Gasteiger partial charge >= 0.3 is 7.82 Å². The number of hydrogen-bond acceptors (Lipinski definition) is 11. The number of oxime groups is 1. The highest BCUT2D eigenvalue weighted by Gasteiger charge is 2.41. The maximum Gasteiger partial charge on any atom is 0.469 e. The van der Waals surface area contributed by atoms with Crippen molar-refractivity contribution >= 4 is 42.6 Å². The van der Waals surface area contributed by atoms with Gasteiger partial charge in [-0.05, 0) is 30.5 Å². The molecule has 1 aliphatic rings. The number of aromatic nitrogens is 4. The zero-order valence-corrected chi connectivity index (χ0v) is 25.2. The molecule has 0 bridgehead atoms. The van der Waals surface area contributed by atoms with Crippen molar-refractivity contribution in [1.82, 2.24) is 24.8 Å². The third kappa shape index (κ3) is 9.18. The summed E-state index contributed by atoms with van der Waals surface area (Å²) in [6.07, 6.45) is 6.25. The van der Waals surface area contributed by atoms with E-state index in [1.165, 1.54) is 18.9 Å². The Labute approximate surface area is 249 Å². The highest BCUT2D eigenvalue weighted by molar-refractivity contribution is 7.46. The van der Waals surface area contributed by atoms with Gasteiger partial charge in [0.2, 0.25) is 0 Å². The standard InChI is InChI=1S/C27H39N8O7P/c1-3-5-11-34(12-6-4-2)20-9-7-19(8-10-20)14-33-40-16-23(36)29-15-22-21(42-43(37,38)39)13-24(41-22)35-18-32-25-26(28)30-17-31-27(25)35/h7-10,14,17-18,21-22,24H,3-6,11-13,15-16H2,1-2H3,(H,29,36)(H2,28,30,31)(H2,37,38,39)/b33-14+/t21-,22+,24+/m0/s1. The van der Waals surface area contributed by atoms with Gasteiger partial charge < -0.3 is 35.3 Å². The van der Waals surface area contributed by atoms with Crippen molar-refractivity contribution < 1.29 is 33.2 Å². The van der Waals surface area contributed by atoms with E-state index < -0.39 is 32.2 Å². The lowest BCUT2D eigenvalue weighted by atomic mass is 10.2. The van der Waals surface area contributed by atoms with Crippen LogP contribution in [0.2, 0.25) is 0 Å². The van der Waals surface area contributed by atoms with Crippen molar-refractivity contribution in [2.24, 2.45) is 5.16 Å².